The van der Waals surface area contributed by atoms with Crippen LogP contribution in [-0.4, -0.2) is 47.0 Å². The van der Waals surface area contributed by atoms with E-state index in [9.17, 15) is 22.0 Å². The average molecular weight is 497 g/mol. The van der Waals surface area contributed by atoms with Gasteiger partial charge in [-0.2, -0.15) is 13.1 Å². The summed E-state index contributed by atoms with van der Waals surface area (Å²) < 4.78 is 53.6. The van der Waals surface area contributed by atoms with Crippen LogP contribution in [0.15, 0.2) is 52.3 Å². The molecule has 1 amide bonds. The van der Waals surface area contributed by atoms with Crippen molar-refractivity contribution in [1.29, 1.82) is 0 Å². The number of anilines is 1. The van der Waals surface area contributed by atoms with Gasteiger partial charge in [-0.3, -0.25) is 4.79 Å². The number of hydrogen-bond donors (Lipinski definition) is 1. The molecule has 0 bridgehead atoms. The van der Waals surface area contributed by atoms with Gasteiger partial charge in [-0.15, -0.1) is 0 Å². The number of rotatable bonds is 10. The first-order valence-electron chi connectivity index (χ1n) is 10.5. The second-order valence-corrected chi connectivity index (χ2v) is 10.3. The number of fused-ring (bicyclic) bond motifs is 1. The quantitative estimate of drug-likeness (QED) is 0.418. The summed E-state index contributed by atoms with van der Waals surface area (Å²) in [6.45, 7) is 4.35. The van der Waals surface area contributed by atoms with E-state index in [1.165, 1.54) is 16.4 Å². The van der Waals surface area contributed by atoms with Gasteiger partial charge in [0, 0.05) is 43.6 Å². The Hall–Kier alpha value is -2.50. The third-order valence-corrected chi connectivity index (χ3v) is 8.00. The molecule has 1 N–H and O–H groups in total. The predicted molar refractivity (Wildman–Crippen MR) is 126 cm³/mol. The maximum Gasteiger partial charge on any atom is 0.288 e. The molecule has 0 fully saturated rings. The fourth-order valence-corrected chi connectivity index (χ4v) is 5.47. The number of thioether (sulfide) groups is 1. The lowest BCUT2D eigenvalue weighted by atomic mass is 10.2. The van der Waals surface area contributed by atoms with Crippen LogP contribution in [0.2, 0.25) is 0 Å². The first kappa shape index (κ1) is 25.1. The highest BCUT2D eigenvalue weighted by Gasteiger charge is 2.22. The summed E-state index contributed by atoms with van der Waals surface area (Å²) in [5, 5.41) is 2.74. The van der Waals surface area contributed by atoms with Crippen LogP contribution in [0.4, 0.5) is 14.5 Å². The minimum atomic E-state index is -3.59. The highest BCUT2D eigenvalue weighted by Crippen LogP contribution is 2.26. The lowest BCUT2D eigenvalue weighted by Crippen LogP contribution is -2.30. The van der Waals surface area contributed by atoms with Crippen molar-refractivity contribution in [2.45, 2.75) is 42.2 Å². The number of sulfonamides is 1. The van der Waals surface area contributed by atoms with E-state index in [2.05, 4.69) is 10.3 Å². The number of hydrogen-bond acceptors (Lipinski definition) is 5. The molecule has 0 saturated carbocycles. The SMILES string of the molecule is CCN(CC)S(=O)(=O)c1ccc2c(c1)nc(CCC(=O)Nc1ccc(SC(F)F)cc1)n2C. The Labute approximate surface area is 196 Å². The topological polar surface area (TPSA) is 84.3 Å². The van der Waals surface area contributed by atoms with Gasteiger partial charge < -0.3 is 9.88 Å². The Kier molecular flexibility index (Phi) is 8.09. The highest BCUT2D eigenvalue weighted by atomic mass is 32.2. The summed E-state index contributed by atoms with van der Waals surface area (Å²) in [6, 6.07) is 11.1. The van der Waals surface area contributed by atoms with Gasteiger partial charge in [-0.25, -0.2) is 13.4 Å². The van der Waals surface area contributed by atoms with Crippen LogP contribution in [0, 0.1) is 0 Å². The number of carbonyl (C=O) groups excluding carboxylic acids is 1. The van der Waals surface area contributed by atoms with Crippen molar-refractivity contribution >= 4 is 44.4 Å². The first-order chi connectivity index (χ1) is 15.6. The molecule has 178 valence electrons. The van der Waals surface area contributed by atoms with Crippen molar-refractivity contribution in [3.63, 3.8) is 0 Å². The summed E-state index contributed by atoms with van der Waals surface area (Å²) in [5.74, 6) is -2.07. The monoisotopic (exact) mass is 496 g/mol. The van der Waals surface area contributed by atoms with Crippen LogP contribution in [0.25, 0.3) is 11.0 Å². The summed E-state index contributed by atoms with van der Waals surface area (Å²) >= 11 is 0.446. The van der Waals surface area contributed by atoms with E-state index in [0.717, 1.165) is 5.52 Å². The molecule has 11 heteroatoms. The molecule has 0 aliphatic heterocycles. The molecular formula is C22H26F2N4O3S2. The molecule has 0 saturated heterocycles. The van der Waals surface area contributed by atoms with Crippen LogP contribution in [0.3, 0.4) is 0 Å². The fraction of sp³-hybridized carbons (Fsp3) is 0.364. The van der Waals surface area contributed by atoms with E-state index in [1.807, 2.05) is 11.6 Å². The minimum absolute atomic E-state index is 0.162. The third kappa shape index (κ3) is 5.90. The van der Waals surface area contributed by atoms with Gasteiger partial charge in [0.2, 0.25) is 15.9 Å². The molecule has 0 spiro atoms. The van der Waals surface area contributed by atoms with Crippen LogP contribution in [0.1, 0.15) is 26.1 Å². The van der Waals surface area contributed by atoms with Crippen molar-refractivity contribution in [2.24, 2.45) is 7.05 Å². The van der Waals surface area contributed by atoms with E-state index in [-0.39, 0.29) is 17.2 Å². The number of alkyl halides is 2. The van der Waals surface area contributed by atoms with Crippen LogP contribution in [0.5, 0.6) is 0 Å². The molecule has 0 radical (unpaired) electrons. The van der Waals surface area contributed by atoms with Crippen LogP contribution in [-0.2, 0) is 28.3 Å². The molecule has 0 aliphatic rings. The van der Waals surface area contributed by atoms with Crippen LogP contribution < -0.4 is 5.32 Å². The number of benzene rings is 2. The molecule has 3 rings (SSSR count). The van der Waals surface area contributed by atoms with Gasteiger partial charge in [0.05, 0.1) is 15.9 Å². The number of carbonyl (C=O) groups is 1. The zero-order chi connectivity index (χ0) is 24.2. The normalized spacial score (nSPS) is 12.1. The predicted octanol–water partition coefficient (Wildman–Crippen LogP) is 4.49. The maximum atomic E-state index is 12.8. The Morgan fingerprint density at radius 1 is 1.15 bits per heavy atom. The second-order valence-electron chi connectivity index (χ2n) is 7.28. The van der Waals surface area contributed by atoms with Crippen molar-refractivity contribution < 1.29 is 22.0 Å². The van der Waals surface area contributed by atoms with Crippen molar-refractivity contribution in [3.8, 4) is 0 Å². The van der Waals surface area contributed by atoms with Gasteiger partial charge in [0.25, 0.3) is 5.76 Å². The molecule has 1 heterocycles. The van der Waals surface area contributed by atoms with E-state index in [1.54, 1.807) is 44.2 Å². The second kappa shape index (κ2) is 10.6. The van der Waals surface area contributed by atoms with Crippen LogP contribution >= 0.6 is 11.8 Å². The molecule has 7 nitrogen and oxygen atoms in total. The molecule has 2 aromatic carbocycles. The number of nitrogens with one attached hydrogen (secondary N) is 1. The fourth-order valence-electron chi connectivity index (χ4n) is 3.49. The van der Waals surface area contributed by atoms with Gasteiger partial charge >= 0.3 is 0 Å². The first-order valence-corrected chi connectivity index (χ1v) is 12.8. The molecule has 0 unspecified atom stereocenters. The van der Waals surface area contributed by atoms with E-state index in [0.29, 0.717) is 53.2 Å². The molecule has 1 aromatic heterocycles. The van der Waals surface area contributed by atoms with E-state index in [4.69, 9.17) is 0 Å². The Balaban J connectivity index is 1.69. The lowest BCUT2D eigenvalue weighted by molar-refractivity contribution is -0.116. The largest absolute Gasteiger partial charge is 0.331 e. The smallest absolute Gasteiger partial charge is 0.288 e. The summed E-state index contributed by atoms with van der Waals surface area (Å²) in [5.41, 5.74) is 1.85. The number of aryl methyl sites for hydroxylation is 2. The molecule has 3 aromatic rings. The van der Waals surface area contributed by atoms with Gasteiger partial charge in [-0.1, -0.05) is 25.6 Å². The summed E-state index contributed by atoms with van der Waals surface area (Å²) in [6.07, 6.45) is 0.518. The zero-order valence-electron chi connectivity index (χ0n) is 18.6. The van der Waals surface area contributed by atoms with Crippen molar-refractivity contribution in [2.75, 3.05) is 18.4 Å². The standard InChI is InChI=1S/C22H26F2N4O3S2/c1-4-28(5-2)33(30,31)17-10-11-19-18(14-17)26-20(27(19)3)12-13-21(29)25-15-6-8-16(9-7-15)32-22(23)24/h6-11,14,22H,4-5,12-13H2,1-3H3,(H,25,29). The van der Waals surface area contributed by atoms with E-state index >= 15 is 0 Å². The Morgan fingerprint density at radius 2 is 1.82 bits per heavy atom. The maximum absolute atomic E-state index is 12.8. The third-order valence-electron chi connectivity index (χ3n) is 5.23. The number of halogens is 2. The zero-order valence-corrected chi connectivity index (χ0v) is 20.2. The summed E-state index contributed by atoms with van der Waals surface area (Å²) in [4.78, 5) is 17.5. The van der Waals surface area contributed by atoms with Gasteiger partial charge in [0.15, 0.2) is 0 Å². The Morgan fingerprint density at radius 3 is 2.42 bits per heavy atom. The molecule has 0 atom stereocenters. The molecule has 33 heavy (non-hydrogen) atoms. The average Bonchev–Trinajstić information content (AvgIpc) is 3.09. The number of imidazole rings is 1. The minimum Gasteiger partial charge on any atom is -0.331 e. The van der Waals surface area contributed by atoms with E-state index < -0.39 is 15.8 Å². The molecule has 0 aliphatic carbocycles. The summed E-state index contributed by atoms with van der Waals surface area (Å²) in [7, 11) is -1.77. The van der Waals surface area contributed by atoms with Gasteiger partial charge in [0.1, 0.15) is 5.82 Å². The lowest BCUT2D eigenvalue weighted by Gasteiger charge is -2.18. The molecular weight excluding hydrogens is 470 g/mol. The highest BCUT2D eigenvalue weighted by molar-refractivity contribution is 7.99. The number of amides is 1. The number of aromatic nitrogens is 2. The van der Waals surface area contributed by atoms with Gasteiger partial charge in [-0.05, 0) is 42.5 Å². The van der Waals surface area contributed by atoms with Crippen molar-refractivity contribution in [3.05, 3.63) is 48.3 Å². The van der Waals surface area contributed by atoms with Crippen molar-refractivity contribution in [1.82, 2.24) is 13.9 Å². The Bertz CT molecular complexity index is 1220. The number of nitrogens with zero attached hydrogens (tertiary/aromatic N) is 3.